The molecule has 0 spiro atoms. The minimum Gasteiger partial charge on any atom is -0.465 e. The van der Waals surface area contributed by atoms with Crippen LogP contribution in [0.1, 0.15) is 17.4 Å². The maximum atomic E-state index is 12.4. The first-order valence-electron chi connectivity index (χ1n) is 6.62. The van der Waals surface area contributed by atoms with Gasteiger partial charge < -0.3 is 15.7 Å². The van der Waals surface area contributed by atoms with Crippen LogP contribution < -0.4 is 16.1 Å². The molecule has 2 aromatic rings. The minimum atomic E-state index is -1.33. The Hall–Kier alpha value is -2.95. The van der Waals surface area contributed by atoms with Gasteiger partial charge in [0.15, 0.2) is 0 Å². The summed E-state index contributed by atoms with van der Waals surface area (Å²) in [5.74, 6) is -1.14. The van der Waals surface area contributed by atoms with Crippen LogP contribution >= 0.6 is 15.9 Å². The average molecular weight is 397 g/mol. The summed E-state index contributed by atoms with van der Waals surface area (Å²) in [5, 5.41) is 13.2. The number of amides is 3. The quantitative estimate of drug-likeness (QED) is 0.594. The number of carbonyl (C=O) groups is 3. The van der Waals surface area contributed by atoms with Crippen LogP contribution in [0.25, 0.3) is 0 Å². The van der Waals surface area contributed by atoms with E-state index in [1.165, 1.54) is 36.5 Å². The second-order valence-electron chi connectivity index (χ2n) is 4.61. The van der Waals surface area contributed by atoms with Crippen molar-refractivity contribution in [2.75, 3.05) is 10.7 Å². The van der Waals surface area contributed by atoms with Crippen LogP contribution in [0, 0.1) is 0 Å². The van der Waals surface area contributed by atoms with Crippen molar-refractivity contribution in [2.24, 2.45) is 0 Å². The van der Waals surface area contributed by atoms with Gasteiger partial charge >= 0.3 is 6.09 Å². The highest BCUT2D eigenvalue weighted by molar-refractivity contribution is 9.10. The van der Waals surface area contributed by atoms with E-state index in [2.05, 4.69) is 36.6 Å². The highest BCUT2D eigenvalue weighted by Crippen LogP contribution is 2.18. The SMILES string of the molecule is CC(NC(=O)O)C(=O)Nn1ccc(Br)c1C(=O)Nc1cncnc1. The second-order valence-corrected chi connectivity index (χ2v) is 5.47. The average Bonchev–Trinajstić information content (AvgIpc) is 2.88. The van der Waals surface area contributed by atoms with Gasteiger partial charge in [-0.1, -0.05) is 0 Å². The van der Waals surface area contributed by atoms with Crippen molar-refractivity contribution in [1.82, 2.24) is 20.0 Å². The van der Waals surface area contributed by atoms with Crippen molar-refractivity contribution in [1.29, 1.82) is 0 Å². The molecule has 0 aliphatic carbocycles. The molecular weight excluding hydrogens is 384 g/mol. The summed E-state index contributed by atoms with van der Waals surface area (Å²) in [6.07, 6.45) is 4.29. The van der Waals surface area contributed by atoms with Crippen LogP contribution in [-0.4, -0.2) is 43.7 Å². The molecular formula is C13H13BrN6O4. The van der Waals surface area contributed by atoms with Gasteiger partial charge in [-0.05, 0) is 28.9 Å². The van der Waals surface area contributed by atoms with Gasteiger partial charge in [0.25, 0.3) is 11.8 Å². The van der Waals surface area contributed by atoms with E-state index >= 15 is 0 Å². The number of carbonyl (C=O) groups excluding carboxylic acids is 2. The van der Waals surface area contributed by atoms with Crippen LogP contribution in [0.5, 0.6) is 0 Å². The van der Waals surface area contributed by atoms with E-state index in [-0.39, 0.29) is 5.69 Å². The molecule has 0 aliphatic heterocycles. The van der Waals surface area contributed by atoms with Gasteiger partial charge in [-0.3, -0.25) is 19.7 Å². The molecule has 0 radical (unpaired) electrons. The Labute approximate surface area is 144 Å². The van der Waals surface area contributed by atoms with Crippen molar-refractivity contribution < 1.29 is 19.5 Å². The van der Waals surface area contributed by atoms with Crippen LogP contribution in [0.3, 0.4) is 0 Å². The Kier molecular flexibility index (Phi) is 5.47. The number of hydrogen-bond donors (Lipinski definition) is 4. The van der Waals surface area contributed by atoms with Crippen molar-refractivity contribution >= 4 is 39.5 Å². The summed E-state index contributed by atoms with van der Waals surface area (Å²) >= 11 is 3.22. The molecule has 24 heavy (non-hydrogen) atoms. The predicted molar refractivity (Wildman–Crippen MR) is 87.1 cm³/mol. The van der Waals surface area contributed by atoms with Crippen molar-refractivity contribution in [2.45, 2.75) is 13.0 Å². The molecule has 2 heterocycles. The lowest BCUT2D eigenvalue weighted by atomic mass is 10.3. The third kappa shape index (κ3) is 4.29. The zero-order valence-electron chi connectivity index (χ0n) is 12.4. The van der Waals surface area contributed by atoms with Crippen LogP contribution in [0.2, 0.25) is 0 Å². The standard InChI is InChI=1S/C13H13BrN6O4/c1-7(17-13(23)24)11(21)19-20-3-2-9(14)10(20)12(22)18-8-4-15-6-16-5-8/h2-7,17H,1H3,(H,18,22)(H,19,21)(H,23,24). The fourth-order valence-corrected chi connectivity index (χ4v) is 2.23. The van der Waals surface area contributed by atoms with Crippen LogP contribution in [0.15, 0.2) is 35.5 Å². The zero-order valence-corrected chi connectivity index (χ0v) is 13.9. The Morgan fingerprint density at radius 2 is 1.96 bits per heavy atom. The van der Waals surface area contributed by atoms with E-state index in [4.69, 9.17) is 5.11 Å². The highest BCUT2D eigenvalue weighted by Gasteiger charge is 2.20. The van der Waals surface area contributed by atoms with E-state index < -0.39 is 23.9 Å². The summed E-state index contributed by atoms with van der Waals surface area (Å²) in [6, 6.07) is 0.563. The van der Waals surface area contributed by atoms with Crippen molar-refractivity contribution in [3.05, 3.63) is 41.2 Å². The van der Waals surface area contributed by atoms with E-state index in [1.807, 2.05) is 5.32 Å². The number of anilines is 1. The summed E-state index contributed by atoms with van der Waals surface area (Å²) < 4.78 is 1.63. The summed E-state index contributed by atoms with van der Waals surface area (Å²) in [4.78, 5) is 42.5. The number of nitrogens with one attached hydrogen (secondary N) is 3. The van der Waals surface area contributed by atoms with E-state index in [0.717, 1.165) is 0 Å². The molecule has 0 fully saturated rings. The molecule has 10 nitrogen and oxygen atoms in total. The summed E-state index contributed by atoms with van der Waals surface area (Å²) in [5.41, 5.74) is 2.94. The van der Waals surface area contributed by atoms with Gasteiger partial charge in [-0.15, -0.1) is 0 Å². The highest BCUT2D eigenvalue weighted by atomic mass is 79.9. The number of nitrogens with zero attached hydrogens (tertiary/aromatic N) is 3. The lowest BCUT2D eigenvalue weighted by Crippen LogP contribution is -2.43. The lowest BCUT2D eigenvalue weighted by Gasteiger charge is -2.15. The number of hydrogen-bond acceptors (Lipinski definition) is 5. The first-order chi connectivity index (χ1) is 11.4. The molecule has 126 valence electrons. The maximum Gasteiger partial charge on any atom is 0.405 e. The van der Waals surface area contributed by atoms with Crippen LogP contribution in [-0.2, 0) is 4.79 Å². The molecule has 1 unspecified atom stereocenters. The summed E-state index contributed by atoms with van der Waals surface area (Å²) in [6.45, 7) is 1.38. The van der Waals surface area contributed by atoms with E-state index in [0.29, 0.717) is 10.2 Å². The van der Waals surface area contributed by atoms with Crippen molar-refractivity contribution in [3.8, 4) is 0 Å². The molecule has 2 aromatic heterocycles. The fourth-order valence-electron chi connectivity index (χ4n) is 1.74. The zero-order chi connectivity index (χ0) is 17.7. The van der Waals surface area contributed by atoms with Crippen molar-refractivity contribution in [3.63, 3.8) is 0 Å². The number of halogens is 1. The number of aromatic nitrogens is 3. The molecule has 0 saturated heterocycles. The van der Waals surface area contributed by atoms with E-state index in [9.17, 15) is 14.4 Å². The molecule has 2 rings (SSSR count). The van der Waals surface area contributed by atoms with Gasteiger partial charge in [0.1, 0.15) is 18.1 Å². The molecule has 0 bridgehead atoms. The Morgan fingerprint density at radius 3 is 2.58 bits per heavy atom. The Morgan fingerprint density at radius 1 is 1.29 bits per heavy atom. The maximum absolute atomic E-state index is 12.4. The largest absolute Gasteiger partial charge is 0.465 e. The molecule has 11 heteroatoms. The lowest BCUT2D eigenvalue weighted by molar-refractivity contribution is -0.118. The predicted octanol–water partition coefficient (Wildman–Crippen LogP) is 1.02. The minimum absolute atomic E-state index is 0.120. The van der Waals surface area contributed by atoms with Gasteiger partial charge in [0.05, 0.1) is 22.6 Å². The van der Waals surface area contributed by atoms with E-state index in [1.54, 1.807) is 6.07 Å². The summed E-state index contributed by atoms with van der Waals surface area (Å²) in [7, 11) is 0. The smallest absolute Gasteiger partial charge is 0.405 e. The first kappa shape index (κ1) is 17.4. The van der Waals surface area contributed by atoms with Gasteiger partial charge in [0.2, 0.25) is 0 Å². The molecule has 0 saturated carbocycles. The topological polar surface area (TPSA) is 138 Å². The molecule has 1 atom stereocenters. The normalized spacial score (nSPS) is 11.4. The molecule has 4 N–H and O–H groups in total. The second kappa shape index (κ2) is 7.55. The molecule has 0 aromatic carbocycles. The number of carboxylic acid groups (broad SMARTS) is 1. The third-order valence-electron chi connectivity index (χ3n) is 2.83. The van der Waals surface area contributed by atoms with Gasteiger partial charge in [-0.25, -0.2) is 14.8 Å². The van der Waals surface area contributed by atoms with Gasteiger partial charge in [-0.2, -0.15) is 0 Å². The monoisotopic (exact) mass is 396 g/mol. The molecule has 3 amide bonds. The Balaban J connectivity index is 2.14. The number of rotatable bonds is 5. The Bertz CT molecular complexity index is 763. The van der Waals surface area contributed by atoms with Crippen LogP contribution in [0.4, 0.5) is 10.5 Å². The fraction of sp³-hybridized carbons (Fsp3) is 0.154. The third-order valence-corrected chi connectivity index (χ3v) is 3.47. The molecule has 0 aliphatic rings. The first-order valence-corrected chi connectivity index (χ1v) is 7.41. The van der Waals surface area contributed by atoms with Gasteiger partial charge in [0, 0.05) is 6.20 Å².